The molecule has 0 heterocycles. The molecular formula is C12H19NO3. The lowest BCUT2D eigenvalue weighted by molar-refractivity contribution is -0.146. The van der Waals surface area contributed by atoms with Gasteiger partial charge in [0.1, 0.15) is 6.54 Å². The monoisotopic (exact) mass is 225 g/mol. The lowest BCUT2D eigenvalue weighted by Gasteiger charge is -2.25. The summed E-state index contributed by atoms with van der Waals surface area (Å²) < 4.78 is 0. The SMILES string of the molecule is CC(C)N(CC(=O)O)C(=O)C1CC1C1CC1. The van der Waals surface area contributed by atoms with Gasteiger partial charge in [0.25, 0.3) is 0 Å². The van der Waals surface area contributed by atoms with Crippen LogP contribution in [-0.2, 0) is 9.59 Å². The van der Waals surface area contributed by atoms with E-state index in [2.05, 4.69) is 0 Å². The van der Waals surface area contributed by atoms with Gasteiger partial charge in [-0.3, -0.25) is 9.59 Å². The van der Waals surface area contributed by atoms with Gasteiger partial charge in [-0.1, -0.05) is 0 Å². The average Bonchev–Trinajstić information content (AvgIpc) is 3.00. The zero-order valence-electron chi connectivity index (χ0n) is 9.85. The average molecular weight is 225 g/mol. The largest absolute Gasteiger partial charge is 0.480 e. The van der Waals surface area contributed by atoms with E-state index in [0.717, 1.165) is 12.3 Å². The minimum atomic E-state index is -0.925. The Morgan fingerprint density at radius 2 is 2.00 bits per heavy atom. The zero-order valence-corrected chi connectivity index (χ0v) is 9.85. The third-order valence-corrected chi connectivity index (χ3v) is 3.60. The molecule has 90 valence electrons. The lowest BCUT2D eigenvalue weighted by Crippen LogP contribution is -2.41. The summed E-state index contributed by atoms with van der Waals surface area (Å²) in [5.74, 6) is 0.560. The second kappa shape index (κ2) is 4.07. The number of carboxylic acids is 1. The molecule has 0 aliphatic heterocycles. The number of rotatable bonds is 5. The summed E-state index contributed by atoms with van der Waals surface area (Å²) in [6.45, 7) is 3.58. The zero-order chi connectivity index (χ0) is 11.9. The Hall–Kier alpha value is -1.06. The van der Waals surface area contributed by atoms with Crippen molar-refractivity contribution >= 4 is 11.9 Å². The smallest absolute Gasteiger partial charge is 0.323 e. The molecular weight excluding hydrogens is 206 g/mol. The Balaban J connectivity index is 1.92. The first kappa shape index (κ1) is 11.4. The van der Waals surface area contributed by atoms with Crippen LogP contribution in [0, 0.1) is 17.8 Å². The van der Waals surface area contributed by atoms with Crippen LogP contribution in [0.5, 0.6) is 0 Å². The Labute approximate surface area is 95.6 Å². The topological polar surface area (TPSA) is 57.6 Å². The van der Waals surface area contributed by atoms with Crippen molar-refractivity contribution in [3.05, 3.63) is 0 Å². The summed E-state index contributed by atoms with van der Waals surface area (Å²) in [6, 6.07) is -0.0240. The molecule has 16 heavy (non-hydrogen) atoms. The Kier molecular flexibility index (Phi) is 2.91. The first-order valence-corrected chi connectivity index (χ1v) is 6.03. The van der Waals surface area contributed by atoms with E-state index in [1.54, 1.807) is 0 Å². The molecule has 4 heteroatoms. The minimum absolute atomic E-state index is 0.0240. The van der Waals surface area contributed by atoms with Crippen LogP contribution in [0.2, 0.25) is 0 Å². The molecule has 0 spiro atoms. The van der Waals surface area contributed by atoms with E-state index in [9.17, 15) is 9.59 Å². The van der Waals surface area contributed by atoms with Crippen LogP contribution in [0.1, 0.15) is 33.1 Å². The summed E-state index contributed by atoms with van der Waals surface area (Å²) in [7, 11) is 0. The lowest BCUT2D eigenvalue weighted by atomic mass is 10.2. The fourth-order valence-electron chi connectivity index (χ4n) is 2.42. The summed E-state index contributed by atoms with van der Waals surface area (Å²) in [4.78, 5) is 24.3. The third-order valence-electron chi connectivity index (χ3n) is 3.60. The Morgan fingerprint density at radius 3 is 2.44 bits per heavy atom. The number of nitrogens with zero attached hydrogens (tertiary/aromatic N) is 1. The molecule has 2 unspecified atom stereocenters. The number of aliphatic carboxylic acids is 1. The molecule has 2 aliphatic rings. The molecule has 2 atom stereocenters. The maximum atomic E-state index is 12.1. The van der Waals surface area contributed by atoms with Gasteiger partial charge < -0.3 is 10.0 Å². The summed E-state index contributed by atoms with van der Waals surface area (Å²) in [5.41, 5.74) is 0. The van der Waals surface area contributed by atoms with Crippen molar-refractivity contribution in [2.45, 2.75) is 39.2 Å². The van der Waals surface area contributed by atoms with Crippen LogP contribution in [0.15, 0.2) is 0 Å². The standard InChI is InChI=1S/C12H19NO3/c1-7(2)13(6-11(14)15)12(16)10-5-9(10)8-3-4-8/h7-10H,3-6H2,1-2H3,(H,14,15). The fourth-order valence-corrected chi connectivity index (χ4v) is 2.42. The predicted molar refractivity (Wildman–Crippen MR) is 58.8 cm³/mol. The first-order chi connectivity index (χ1) is 7.50. The van der Waals surface area contributed by atoms with Crippen LogP contribution in [0.4, 0.5) is 0 Å². The van der Waals surface area contributed by atoms with E-state index in [1.807, 2.05) is 13.8 Å². The van der Waals surface area contributed by atoms with Crippen LogP contribution >= 0.6 is 0 Å². The highest BCUT2D eigenvalue weighted by atomic mass is 16.4. The number of hydrogen-bond acceptors (Lipinski definition) is 2. The van der Waals surface area contributed by atoms with Gasteiger partial charge in [0, 0.05) is 12.0 Å². The number of hydrogen-bond donors (Lipinski definition) is 1. The molecule has 2 rings (SSSR count). The van der Waals surface area contributed by atoms with Gasteiger partial charge in [0.15, 0.2) is 0 Å². The third kappa shape index (κ3) is 2.36. The molecule has 1 N–H and O–H groups in total. The summed E-state index contributed by atoms with van der Waals surface area (Å²) in [5, 5.41) is 8.78. The molecule has 2 fully saturated rings. The van der Waals surface area contributed by atoms with Crippen molar-refractivity contribution < 1.29 is 14.7 Å². The minimum Gasteiger partial charge on any atom is -0.480 e. The van der Waals surface area contributed by atoms with Gasteiger partial charge in [0.05, 0.1) is 0 Å². The second-order valence-electron chi connectivity index (χ2n) is 5.30. The van der Waals surface area contributed by atoms with Crippen molar-refractivity contribution in [2.24, 2.45) is 17.8 Å². The van der Waals surface area contributed by atoms with Crippen molar-refractivity contribution in [1.82, 2.24) is 4.90 Å². The highest BCUT2D eigenvalue weighted by Gasteiger charge is 2.52. The molecule has 0 aromatic rings. The van der Waals surface area contributed by atoms with Gasteiger partial charge in [-0.25, -0.2) is 0 Å². The van der Waals surface area contributed by atoms with Gasteiger partial charge >= 0.3 is 5.97 Å². The number of carbonyl (C=O) groups is 2. The van der Waals surface area contributed by atoms with E-state index >= 15 is 0 Å². The van der Waals surface area contributed by atoms with E-state index in [0.29, 0.717) is 5.92 Å². The highest BCUT2D eigenvalue weighted by molar-refractivity contribution is 5.85. The quantitative estimate of drug-likeness (QED) is 0.768. The molecule has 0 saturated heterocycles. The predicted octanol–water partition coefficient (Wildman–Crippen LogP) is 1.35. The number of carbonyl (C=O) groups excluding carboxylic acids is 1. The Morgan fingerprint density at radius 1 is 1.38 bits per heavy atom. The van der Waals surface area contributed by atoms with Crippen molar-refractivity contribution in [2.75, 3.05) is 6.54 Å². The molecule has 1 amide bonds. The van der Waals surface area contributed by atoms with E-state index in [-0.39, 0.29) is 24.4 Å². The normalized spacial score (nSPS) is 27.9. The maximum absolute atomic E-state index is 12.1. The van der Waals surface area contributed by atoms with Crippen LogP contribution in [0.3, 0.4) is 0 Å². The Bertz CT molecular complexity index is 309. The van der Waals surface area contributed by atoms with Crippen molar-refractivity contribution in [3.63, 3.8) is 0 Å². The van der Waals surface area contributed by atoms with E-state index in [1.165, 1.54) is 17.7 Å². The highest BCUT2D eigenvalue weighted by Crippen LogP contribution is 2.54. The van der Waals surface area contributed by atoms with Crippen LogP contribution in [0.25, 0.3) is 0 Å². The first-order valence-electron chi connectivity index (χ1n) is 6.03. The molecule has 2 aliphatic carbocycles. The van der Waals surface area contributed by atoms with Gasteiger partial charge in [-0.2, -0.15) is 0 Å². The molecule has 0 aromatic carbocycles. The number of carboxylic acid groups (broad SMARTS) is 1. The van der Waals surface area contributed by atoms with Crippen LogP contribution in [-0.4, -0.2) is 34.5 Å². The van der Waals surface area contributed by atoms with Crippen molar-refractivity contribution in [1.29, 1.82) is 0 Å². The molecule has 0 bridgehead atoms. The molecule has 0 aromatic heterocycles. The van der Waals surface area contributed by atoms with Gasteiger partial charge in [0.2, 0.25) is 5.91 Å². The van der Waals surface area contributed by atoms with E-state index in [4.69, 9.17) is 5.11 Å². The molecule has 4 nitrogen and oxygen atoms in total. The molecule has 0 radical (unpaired) electrons. The number of amides is 1. The second-order valence-corrected chi connectivity index (χ2v) is 5.30. The van der Waals surface area contributed by atoms with E-state index < -0.39 is 5.97 Å². The molecule has 2 saturated carbocycles. The summed E-state index contributed by atoms with van der Waals surface area (Å²) in [6.07, 6.45) is 3.50. The van der Waals surface area contributed by atoms with Crippen LogP contribution < -0.4 is 0 Å². The van der Waals surface area contributed by atoms with Gasteiger partial charge in [-0.05, 0) is 44.9 Å². The van der Waals surface area contributed by atoms with Crippen molar-refractivity contribution in [3.8, 4) is 0 Å². The fraction of sp³-hybridized carbons (Fsp3) is 0.833. The van der Waals surface area contributed by atoms with Gasteiger partial charge in [-0.15, -0.1) is 0 Å². The maximum Gasteiger partial charge on any atom is 0.323 e. The summed E-state index contributed by atoms with van der Waals surface area (Å²) >= 11 is 0.